The summed E-state index contributed by atoms with van der Waals surface area (Å²) in [7, 11) is 0. The summed E-state index contributed by atoms with van der Waals surface area (Å²) in [6.45, 7) is 5.05. The fourth-order valence-corrected chi connectivity index (χ4v) is 4.65. The number of nitrogens with zero attached hydrogens (tertiary/aromatic N) is 3. The lowest BCUT2D eigenvalue weighted by molar-refractivity contribution is -0.124. The lowest BCUT2D eigenvalue weighted by Crippen LogP contribution is -2.39. The van der Waals surface area contributed by atoms with Gasteiger partial charge in [0.05, 0.1) is 22.6 Å². The molecule has 2 aliphatic heterocycles. The van der Waals surface area contributed by atoms with Crippen LogP contribution < -0.4 is 9.80 Å². The second-order valence-corrected chi connectivity index (χ2v) is 9.42. The minimum Gasteiger partial charge on any atom is -0.312 e. The lowest BCUT2D eigenvalue weighted by atomic mass is 9.87. The molecule has 0 aromatic heterocycles. The molecule has 0 bridgehead atoms. The predicted molar refractivity (Wildman–Crippen MR) is 116 cm³/mol. The number of carbonyl (C=O) groups excluding carboxylic acids is 2. The third-order valence-corrected chi connectivity index (χ3v) is 6.84. The molecule has 2 aromatic carbocycles. The van der Waals surface area contributed by atoms with Gasteiger partial charge in [0.15, 0.2) is 0 Å². The first-order chi connectivity index (χ1) is 13.7. The maximum absolute atomic E-state index is 13.4. The Bertz CT molecular complexity index is 1080. The lowest BCUT2D eigenvalue weighted by Gasteiger charge is -2.24. The summed E-state index contributed by atoms with van der Waals surface area (Å²) in [6, 6.07) is 12.8. The predicted octanol–water partition coefficient (Wildman–Crippen LogP) is 4.65. The third-order valence-electron chi connectivity index (χ3n) is 5.64. The highest BCUT2D eigenvalue weighted by molar-refractivity contribution is 9.10. The summed E-state index contributed by atoms with van der Waals surface area (Å²) < 4.78 is 0.805. The van der Waals surface area contributed by atoms with Crippen LogP contribution in [-0.4, -0.2) is 24.9 Å². The Morgan fingerprint density at radius 1 is 1.31 bits per heavy atom. The SMILES string of the molecule is CC1(C)CN(C(=O)C2CC(=O)N(c3cccc(C#N)c3)C2)c2cc(Cl)c(Br)cc21. The zero-order valence-electron chi connectivity index (χ0n) is 16.1. The Morgan fingerprint density at radius 3 is 2.79 bits per heavy atom. The maximum Gasteiger partial charge on any atom is 0.232 e. The van der Waals surface area contributed by atoms with Crippen molar-refractivity contribution in [3.05, 3.63) is 57.0 Å². The van der Waals surface area contributed by atoms with Gasteiger partial charge >= 0.3 is 0 Å². The fraction of sp³-hybridized carbons (Fsp3) is 0.318. The molecule has 2 aliphatic rings. The molecule has 1 atom stereocenters. The van der Waals surface area contributed by atoms with Gasteiger partial charge in [-0.1, -0.05) is 31.5 Å². The van der Waals surface area contributed by atoms with E-state index in [4.69, 9.17) is 16.9 Å². The Kier molecular flexibility index (Phi) is 4.92. The van der Waals surface area contributed by atoms with Crippen LogP contribution in [0.4, 0.5) is 11.4 Å². The van der Waals surface area contributed by atoms with Crippen LogP contribution in [0, 0.1) is 17.2 Å². The highest BCUT2D eigenvalue weighted by Crippen LogP contribution is 2.45. The van der Waals surface area contributed by atoms with Crippen LogP contribution >= 0.6 is 27.5 Å². The Hall–Kier alpha value is -2.36. The number of rotatable bonds is 2. The van der Waals surface area contributed by atoms with Crippen LogP contribution in [0.3, 0.4) is 0 Å². The molecular formula is C22H19BrClN3O2. The first-order valence-electron chi connectivity index (χ1n) is 9.33. The van der Waals surface area contributed by atoms with E-state index in [1.165, 1.54) is 0 Å². The van der Waals surface area contributed by atoms with E-state index in [9.17, 15) is 9.59 Å². The summed E-state index contributed by atoms with van der Waals surface area (Å²) in [4.78, 5) is 29.4. The van der Waals surface area contributed by atoms with Gasteiger partial charge in [0.1, 0.15) is 0 Å². The molecule has 7 heteroatoms. The zero-order valence-corrected chi connectivity index (χ0v) is 18.4. The molecule has 1 unspecified atom stereocenters. The number of fused-ring (bicyclic) bond motifs is 1. The highest BCUT2D eigenvalue weighted by Gasteiger charge is 2.43. The number of amides is 2. The topological polar surface area (TPSA) is 64.4 Å². The van der Waals surface area contributed by atoms with Crippen LogP contribution in [0.2, 0.25) is 5.02 Å². The minimum atomic E-state index is -0.433. The number of carbonyl (C=O) groups is 2. The van der Waals surface area contributed by atoms with Gasteiger partial charge in [0.2, 0.25) is 11.8 Å². The van der Waals surface area contributed by atoms with E-state index in [2.05, 4.69) is 35.8 Å². The van der Waals surface area contributed by atoms with E-state index in [0.29, 0.717) is 29.4 Å². The number of benzene rings is 2. The van der Waals surface area contributed by atoms with Crippen LogP contribution in [0.1, 0.15) is 31.4 Å². The van der Waals surface area contributed by atoms with Gasteiger partial charge in [0, 0.05) is 40.8 Å². The van der Waals surface area contributed by atoms with Gasteiger partial charge in [-0.3, -0.25) is 9.59 Å². The van der Waals surface area contributed by atoms with Gasteiger partial charge in [-0.15, -0.1) is 0 Å². The van der Waals surface area contributed by atoms with E-state index in [0.717, 1.165) is 15.7 Å². The van der Waals surface area contributed by atoms with E-state index in [1.54, 1.807) is 34.1 Å². The van der Waals surface area contributed by atoms with Gasteiger partial charge in [-0.05, 0) is 51.8 Å². The molecule has 5 nitrogen and oxygen atoms in total. The third kappa shape index (κ3) is 3.43. The molecule has 0 aliphatic carbocycles. The summed E-state index contributed by atoms with van der Waals surface area (Å²) in [5.74, 6) is -0.606. The van der Waals surface area contributed by atoms with Crippen LogP contribution in [-0.2, 0) is 15.0 Å². The quantitative estimate of drug-likeness (QED) is 0.639. The summed E-state index contributed by atoms with van der Waals surface area (Å²) in [5, 5.41) is 9.66. The Balaban J connectivity index is 1.61. The number of hydrogen-bond donors (Lipinski definition) is 0. The average molecular weight is 473 g/mol. The second-order valence-electron chi connectivity index (χ2n) is 8.16. The molecule has 1 saturated heterocycles. The Labute approximate surface area is 183 Å². The number of hydrogen-bond acceptors (Lipinski definition) is 3. The van der Waals surface area contributed by atoms with Gasteiger partial charge < -0.3 is 9.80 Å². The smallest absolute Gasteiger partial charge is 0.232 e. The molecular weight excluding hydrogens is 454 g/mol. The molecule has 0 saturated carbocycles. The van der Waals surface area contributed by atoms with E-state index in [1.807, 2.05) is 12.1 Å². The van der Waals surface area contributed by atoms with Crippen molar-refractivity contribution < 1.29 is 9.59 Å². The van der Waals surface area contributed by atoms with Crippen molar-refractivity contribution in [3.8, 4) is 6.07 Å². The number of nitriles is 1. The van der Waals surface area contributed by atoms with Crippen molar-refractivity contribution in [3.63, 3.8) is 0 Å². The van der Waals surface area contributed by atoms with Gasteiger partial charge in [0.25, 0.3) is 0 Å². The molecule has 0 spiro atoms. The van der Waals surface area contributed by atoms with E-state index >= 15 is 0 Å². The first kappa shape index (κ1) is 19.9. The van der Waals surface area contributed by atoms with Crippen LogP contribution in [0.25, 0.3) is 0 Å². The summed E-state index contributed by atoms with van der Waals surface area (Å²) in [5.41, 5.74) is 2.80. The summed E-state index contributed by atoms with van der Waals surface area (Å²) in [6.07, 6.45) is 0.159. The fourth-order valence-electron chi connectivity index (χ4n) is 4.15. The number of anilines is 2. The molecule has 0 N–H and O–H groups in total. The summed E-state index contributed by atoms with van der Waals surface area (Å²) >= 11 is 9.76. The monoisotopic (exact) mass is 471 g/mol. The largest absolute Gasteiger partial charge is 0.312 e. The van der Waals surface area contributed by atoms with Crippen LogP contribution in [0.5, 0.6) is 0 Å². The van der Waals surface area contributed by atoms with Crippen molar-refractivity contribution in [1.29, 1.82) is 5.26 Å². The van der Waals surface area contributed by atoms with Crippen molar-refractivity contribution >= 4 is 50.7 Å². The zero-order chi connectivity index (χ0) is 20.9. The van der Waals surface area contributed by atoms with E-state index in [-0.39, 0.29) is 23.7 Å². The molecule has 0 radical (unpaired) electrons. The normalized spacial score (nSPS) is 20.0. The van der Waals surface area contributed by atoms with Crippen molar-refractivity contribution in [2.75, 3.05) is 22.9 Å². The van der Waals surface area contributed by atoms with Crippen molar-refractivity contribution in [1.82, 2.24) is 0 Å². The highest BCUT2D eigenvalue weighted by atomic mass is 79.9. The van der Waals surface area contributed by atoms with Crippen molar-refractivity contribution in [2.24, 2.45) is 5.92 Å². The molecule has 1 fully saturated rings. The Morgan fingerprint density at radius 2 is 2.07 bits per heavy atom. The first-order valence-corrected chi connectivity index (χ1v) is 10.5. The van der Waals surface area contributed by atoms with E-state index < -0.39 is 5.92 Å². The van der Waals surface area contributed by atoms with Crippen LogP contribution in [0.15, 0.2) is 40.9 Å². The average Bonchev–Trinajstić information content (AvgIpc) is 3.20. The standard InChI is InChI=1S/C22H19BrClN3O2/c1-22(2)12-27(19-9-18(24)17(23)8-16(19)22)21(29)14-7-20(28)26(11-14)15-5-3-4-13(6-15)10-25/h3-6,8-9,14H,7,11-12H2,1-2H3. The second kappa shape index (κ2) is 7.16. The molecule has 148 valence electrons. The molecule has 2 aromatic rings. The van der Waals surface area contributed by atoms with Gasteiger partial charge in [-0.25, -0.2) is 0 Å². The minimum absolute atomic E-state index is 0.0671. The molecule has 29 heavy (non-hydrogen) atoms. The maximum atomic E-state index is 13.4. The molecule has 4 rings (SSSR count). The molecule has 2 heterocycles. The molecule has 2 amide bonds. The van der Waals surface area contributed by atoms with Gasteiger partial charge in [-0.2, -0.15) is 5.26 Å². The van der Waals surface area contributed by atoms with Crippen molar-refractivity contribution in [2.45, 2.75) is 25.7 Å². The number of halogens is 2.